The van der Waals surface area contributed by atoms with E-state index in [0.717, 1.165) is 44.3 Å². The van der Waals surface area contributed by atoms with Crippen molar-refractivity contribution >= 4 is 27.3 Å². The summed E-state index contributed by atoms with van der Waals surface area (Å²) >= 11 is 0. The van der Waals surface area contributed by atoms with Crippen molar-refractivity contribution < 1.29 is 36.1 Å². The molecule has 0 saturated carbocycles. The van der Waals surface area contributed by atoms with E-state index in [4.69, 9.17) is 11.2 Å². The van der Waals surface area contributed by atoms with Gasteiger partial charge in [-0.3, -0.25) is 4.79 Å². The Labute approximate surface area is 190 Å². The number of aromatic nitrogens is 1. The monoisotopic (exact) mass is 576 g/mol. The molecular weight excluding hydrogens is 554 g/mol. The summed E-state index contributed by atoms with van der Waals surface area (Å²) in [6.45, 7) is 4.64. The number of aliphatic hydroxyl groups is 1. The van der Waals surface area contributed by atoms with Gasteiger partial charge in [0, 0.05) is 48.8 Å². The van der Waals surface area contributed by atoms with Crippen molar-refractivity contribution in [2.75, 3.05) is 0 Å². The number of carbonyl (C=O) groups excluding carboxylic acids is 1. The first-order valence-electron chi connectivity index (χ1n) is 9.75. The molecular formula is C25H20IrNO3-. The van der Waals surface area contributed by atoms with Crippen molar-refractivity contribution in [3.8, 4) is 22.8 Å². The third-order valence-corrected chi connectivity index (χ3v) is 4.61. The van der Waals surface area contributed by atoms with Gasteiger partial charge < -0.3 is 14.8 Å². The minimum atomic E-state index is -0.412. The summed E-state index contributed by atoms with van der Waals surface area (Å²) in [5, 5.41) is 12.9. The largest absolute Gasteiger partial charge is 0.512 e. The number of fused-ring (bicyclic) bond motifs is 4. The molecule has 0 atom stereocenters. The van der Waals surface area contributed by atoms with Gasteiger partial charge in [-0.15, -0.1) is 23.8 Å². The van der Waals surface area contributed by atoms with Crippen molar-refractivity contribution in [3.05, 3.63) is 78.2 Å². The maximum atomic E-state index is 10.2. The summed E-state index contributed by atoms with van der Waals surface area (Å²) < 4.78 is 13.0. The average molecular weight is 576 g/mol. The van der Waals surface area contributed by atoms with Crippen LogP contribution in [0.3, 0.4) is 0 Å². The Hall–Kier alpha value is -3.01. The molecule has 3 aromatic carbocycles. The predicted molar refractivity (Wildman–Crippen MR) is 115 cm³/mol. The van der Waals surface area contributed by atoms with Crippen LogP contribution in [0.1, 0.15) is 20.8 Å². The maximum absolute atomic E-state index is 10.2. The fourth-order valence-electron chi connectivity index (χ4n) is 3.46. The minimum absolute atomic E-state index is 0. The number of nitrogens with zero attached hydrogens (tertiary/aromatic N) is 1. The molecule has 0 unspecified atom stereocenters. The number of pyridine rings is 1. The number of ether oxygens (including phenoxy) is 1. The standard InChI is InChI=1S/C20H12NO.C5H8O2.Ir/c1-12-8-9-14-11-21-19-15-6-2-4-13-5-3-7-17(18(13)15)22-20(19)16(14)10-12;1-4(6)3-5(2)7;/h2-5,7-11H,1H3;3,6H,1-2H3;/q-1;;/b;4-3-;/i;3D;. The fraction of sp³-hybridized carbons (Fsp3) is 0.120. The molecule has 4 aromatic rings. The van der Waals surface area contributed by atoms with Gasteiger partial charge in [-0.25, -0.2) is 0 Å². The maximum Gasteiger partial charge on any atom is 0.155 e. The van der Waals surface area contributed by atoms with Gasteiger partial charge in [-0.1, -0.05) is 40.6 Å². The molecule has 5 rings (SSSR count). The Morgan fingerprint density at radius 1 is 1.20 bits per heavy atom. The fourth-order valence-corrected chi connectivity index (χ4v) is 3.46. The summed E-state index contributed by atoms with van der Waals surface area (Å²) in [4.78, 5) is 14.8. The zero-order valence-electron chi connectivity index (χ0n) is 17.7. The number of rotatable bonds is 1. The molecule has 0 amide bonds. The van der Waals surface area contributed by atoms with Gasteiger partial charge in [0.1, 0.15) is 5.75 Å². The molecule has 153 valence electrons. The van der Waals surface area contributed by atoms with Gasteiger partial charge in [0.2, 0.25) is 0 Å². The molecule has 0 saturated heterocycles. The minimum Gasteiger partial charge on any atom is -0.512 e. The third-order valence-electron chi connectivity index (χ3n) is 4.61. The normalized spacial score (nSPS) is 12.4. The van der Waals surface area contributed by atoms with Crippen molar-refractivity contribution in [3.63, 3.8) is 0 Å². The summed E-state index contributed by atoms with van der Waals surface area (Å²) in [6.07, 6.45) is 1.91. The SMILES string of the molecule is Cc1ccc2cnc3c(c2c1)Oc1cccc2cc[c-]c-3c12.[2H]/C(C(C)=O)=C(\C)O.[Ir]. The van der Waals surface area contributed by atoms with Crippen LogP contribution in [0.25, 0.3) is 32.8 Å². The van der Waals surface area contributed by atoms with Crippen LogP contribution in [0.15, 0.2) is 66.5 Å². The van der Waals surface area contributed by atoms with Gasteiger partial charge in [-0.05, 0) is 32.9 Å². The number of benzene rings is 3. The smallest absolute Gasteiger partial charge is 0.155 e. The number of ketones is 1. The average Bonchev–Trinajstić information content (AvgIpc) is 2.74. The second-order valence-corrected chi connectivity index (χ2v) is 6.97. The zero-order chi connectivity index (χ0) is 21.4. The molecule has 1 aliphatic heterocycles. The molecule has 0 aliphatic carbocycles. The quantitative estimate of drug-likeness (QED) is 0.145. The van der Waals surface area contributed by atoms with Crippen LogP contribution in [0, 0.1) is 13.0 Å². The van der Waals surface area contributed by atoms with Gasteiger partial charge >= 0.3 is 0 Å². The van der Waals surface area contributed by atoms with Crippen LogP contribution in [-0.2, 0) is 24.9 Å². The molecule has 30 heavy (non-hydrogen) atoms. The Morgan fingerprint density at radius 3 is 2.70 bits per heavy atom. The van der Waals surface area contributed by atoms with Crippen molar-refractivity contribution in [1.82, 2.24) is 4.98 Å². The van der Waals surface area contributed by atoms with Gasteiger partial charge in [0.25, 0.3) is 0 Å². The number of allylic oxidation sites excluding steroid dienone is 2. The van der Waals surface area contributed by atoms with E-state index in [9.17, 15) is 4.79 Å². The number of carbonyl (C=O) groups is 1. The van der Waals surface area contributed by atoms with E-state index in [0.29, 0.717) is 0 Å². The van der Waals surface area contributed by atoms with E-state index in [1.165, 1.54) is 19.4 Å². The molecule has 2 heterocycles. The molecule has 1 radical (unpaired) electrons. The van der Waals surface area contributed by atoms with Crippen molar-refractivity contribution in [1.29, 1.82) is 0 Å². The van der Waals surface area contributed by atoms with E-state index in [-0.39, 0.29) is 31.9 Å². The first kappa shape index (κ1) is 20.3. The molecule has 1 aromatic heterocycles. The van der Waals surface area contributed by atoms with Crippen LogP contribution in [0.2, 0.25) is 0 Å². The van der Waals surface area contributed by atoms with Gasteiger partial charge in [-0.2, -0.15) is 0 Å². The number of hydrogen-bond acceptors (Lipinski definition) is 4. The van der Waals surface area contributed by atoms with E-state index >= 15 is 0 Å². The Kier molecular flexibility index (Phi) is 5.93. The Balaban J connectivity index is 0.000000263. The van der Waals surface area contributed by atoms with E-state index in [2.05, 4.69) is 48.3 Å². The first-order valence-corrected chi connectivity index (χ1v) is 9.25. The zero-order valence-corrected chi connectivity index (χ0v) is 19.1. The molecule has 1 aliphatic rings. The van der Waals surface area contributed by atoms with Crippen molar-refractivity contribution in [2.24, 2.45) is 0 Å². The number of aliphatic hydroxyl groups excluding tert-OH is 1. The van der Waals surface area contributed by atoms with Crippen LogP contribution < -0.4 is 4.74 Å². The van der Waals surface area contributed by atoms with Crippen LogP contribution >= 0.6 is 0 Å². The third kappa shape index (κ3) is 4.13. The van der Waals surface area contributed by atoms with Crippen LogP contribution in [-0.4, -0.2) is 15.9 Å². The molecule has 1 N–H and O–H groups in total. The number of aryl methyl sites for hydroxylation is 1. The molecule has 0 spiro atoms. The molecule has 4 nitrogen and oxygen atoms in total. The van der Waals surface area contributed by atoms with E-state index in [1.54, 1.807) is 0 Å². The molecule has 0 bridgehead atoms. The second-order valence-electron chi connectivity index (χ2n) is 6.97. The first-order chi connectivity index (χ1) is 14.4. The van der Waals surface area contributed by atoms with E-state index < -0.39 is 5.78 Å². The summed E-state index contributed by atoms with van der Waals surface area (Å²) in [5.41, 5.74) is 3.12. The predicted octanol–water partition coefficient (Wildman–Crippen LogP) is 6.30. The van der Waals surface area contributed by atoms with Gasteiger partial charge in [0.05, 0.1) is 12.9 Å². The summed E-state index contributed by atoms with van der Waals surface area (Å²) in [7, 11) is 0. The van der Waals surface area contributed by atoms with E-state index in [1.807, 2.05) is 24.4 Å². The van der Waals surface area contributed by atoms with Crippen LogP contribution in [0.4, 0.5) is 0 Å². The summed E-state index contributed by atoms with van der Waals surface area (Å²) in [6, 6.07) is 19.5. The Morgan fingerprint density at radius 2 is 2.00 bits per heavy atom. The van der Waals surface area contributed by atoms with Crippen molar-refractivity contribution in [2.45, 2.75) is 20.8 Å². The molecule has 0 fully saturated rings. The second kappa shape index (κ2) is 8.78. The number of hydrogen-bond donors (Lipinski definition) is 1. The Bertz CT molecular complexity index is 1340. The molecule has 5 heteroatoms. The topological polar surface area (TPSA) is 59.4 Å². The van der Waals surface area contributed by atoms with Crippen LogP contribution in [0.5, 0.6) is 11.5 Å². The van der Waals surface area contributed by atoms with Gasteiger partial charge in [0.15, 0.2) is 5.78 Å². The summed E-state index contributed by atoms with van der Waals surface area (Å²) in [5.74, 6) is 1.08.